The van der Waals surface area contributed by atoms with Gasteiger partial charge in [0.25, 0.3) is 5.91 Å². The molecule has 0 atom stereocenters. The largest absolute Gasteiger partial charge is 0.444 e. The molecule has 0 unspecified atom stereocenters. The van der Waals surface area contributed by atoms with Gasteiger partial charge in [0.15, 0.2) is 9.84 Å². The fourth-order valence-corrected chi connectivity index (χ4v) is 3.71. The minimum absolute atomic E-state index is 0.0404. The summed E-state index contributed by atoms with van der Waals surface area (Å²) in [4.78, 5) is 25.4. The Kier molecular flexibility index (Phi) is 5.12. The number of sulfone groups is 1. The van der Waals surface area contributed by atoms with Gasteiger partial charge in [0.05, 0.1) is 29.8 Å². The van der Waals surface area contributed by atoms with Crippen LogP contribution in [0.3, 0.4) is 0 Å². The molecule has 0 bridgehead atoms. The first-order valence-corrected chi connectivity index (χ1v) is 9.67. The maximum atomic E-state index is 12.3. The number of alkyl carbamates (subject to hydrolysis) is 1. The van der Waals surface area contributed by atoms with Crippen LogP contribution in [0.15, 0.2) is 6.07 Å². The maximum absolute atomic E-state index is 12.3. The Balaban J connectivity index is 2.14. The van der Waals surface area contributed by atoms with Gasteiger partial charge in [0, 0.05) is 14.1 Å². The number of hydrogen-bond donors (Lipinski definition) is 1. The van der Waals surface area contributed by atoms with Crippen molar-refractivity contribution in [1.82, 2.24) is 20.0 Å². The molecule has 1 aliphatic heterocycles. The molecule has 9 nitrogen and oxygen atoms in total. The zero-order valence-corrected chi connectivity index (χ0v) is 15.9. The molecule has 10 heteroatoms. The van der Waals surface area contributed by atoms with Crippen LogP contribution in [-0.2, 0) is 21.1 Å². The van der Waals surface area contributed by atoms with Crippen LogP contribution in [0.2, 0.25) is 0 Å². The van der Waals surface area contributed by atoms with Gasteiger partial charge in [-0.1, -0.05) is 0 Å². The number of amides is 2. The molecule has 140 valence electrons. The van der Waals surface area contributed by atoms with Gasteiger partial charge >= 0.3 is 6.09 Å². The van der Waals surface area contributed by atoms with Crippen LogP contribution < -0.4 is 5.32 Å². The SMILES string of the molecule is CN(C)C(=O)c1cc(CNC(=O)OC(C)(C)C)nn1C1CS(=O)(=O)C1. The van der Waals surface area contributed by atoms with Gasteiger partial charge in [-0.3, -0.25) is 9.48 Å². The van der Waals surface area contributed by atoms with Crippen molar-refractivity contribution in [3.8, 4) is 0 Å². The van der Waals surface area contributed by atoms with Crippen LogP contribution in [-0.4, -0.2) is 66.3 Å². The lowest BCUT2D eigenvalue weighted by atomic mass is 10.2. The van der Waals surface area contributed by atoms with Crippen molar-refractivity contribution in [1.29, 1.82) is 0 Å². The van der Waals surface area contributed by atoms with Crippen molar-refractivity contribution in [2.24, 2.45) is 0 Å². The lowest BCUT2D eigenvalue weighted by Gasteiger charge is -2.27. The second-order valence-electron chi connectivity index (χ2n) is 7.25. The zero-order chi connectivity index (χ0) is 19.0. The Morgan fingerprint density at radius 2 is 1.96 bits per heavy atom. The molecule has 0 spiro atoms. The minimum Gasteiger partial charge on any atom is -0.444 e. The van der Waals surface area contributed by atoms with E-state index >= 15 is 0 Å². The van der Waals surface area contributed by atoms with Gasteiger partial charge in [-0.05, 0) is 26.8 Å². The molecule has 1 aliphatic rings. The summed E-state index contributed by atoms with van der Waals surface area (Å²) in [6, 6.07) is 1.20. The number of hydrogen-bond acceptors (Lipinski definition) is 6. The minimum atomic E-state index is -3.05. The quantitative estimate of drug-likeness (QED) is 0.828. The van der Waals surface area contributed by atoms with Crippen molar-refractivity contribution < 1.29 is 22.7 Å². The highest BCUT2D eigenvalue weighted by atomic mass is 32.2. The Morgan fingerprint density at radius 1 is 1.36 bits per heavy atom. The average molecular weight is 372 g/mol. The number of aromatic nitrogens is 2. The van der Waals surface area contributed by atoms with Crippen LogP contribution >= 0.6 is 0 Å². The summed E-state index contributed by atoms with van der Waals surface area (Å²) in [5.74, 6) is -0.358. The van der Waals surface area contributed by atoms with Gasteiger partial charge in [-0.25, -0.2) is 13.2 Å². The van der Waals surface area contributed by atoms with Crippen molar-refractivity contribution in [2.45, 2.75) is 39.0 Å². The van der Waals surface area contributed by atoms with Gasteiger partial charge in [0.1, 0.15) is 11.3 Å². The average Bonchev–Trinajstić information content (AvgIpc) is 2.83. The third-order valence-electron chi connectivity index (χ3n) is 3.46. The first kappa shape index (κ1) is 19.2. The topological polar surface area (TPSA) is 111 Å². The molecule has 2 heterocycles. The summed E-state index contributed by atoms with van der Waals surface area (Å²) >= 11 is 0. The number of carbonyl (C=O) groups is 2. The first-order chi connectivity index (χ1) is 11.4. The molecule has 2 amide bonds. The van der Waals surface area contributed by atoms with Gasteiger partial charge in [-0.15, -0.1) is 0 Å². The summed E-state index contributed by atoms with van der Waals surface area (Å²) in [5, 5.41) is 6.88. The number of ether oxygens (including phenoxy) is 1. The Hall–Kier alpha value is -2.10. The monoisotopic (exact) mass is 372 g/mol. The Morgan fingerprint density at radius 3 is 2.44 bits per heavy atom. The lowest BCUT2D eigenvalue weighted by molar-refractivity contribution is 0.0522. The third kappa shape index (κ3) is 4.94. The Bertz CT molecular complexity index is 764. The normalized spacial score (nSPS) is 16.8. The van der Waals surface area contributed by atoms with E-state index in [1.165, 1.54) is 9.58 Å². The molecule has 0 aliphatic carbocycles. The van der Waals surface area contributed by atoms with Crippen molar-refractivity contribution in [3.63, 3.8) is 0 Å². The van der Waals surface area contributed by atoms with E-state index in [0.717, 1.165) is 0 Å². The summed E-state index contributed by atoms with van der Waals surface area (Å²) in [5.41, 5.74) is 0.140. The second kappa shape index (κ2) is 6.66. The fourth-order valence-electron chi connectivity index (χ4n) is 2.35. The van der Waals surface area contributed by atoms with Crippen LogP contribution in [0.1, 0.15) is 43.0 Å². The molecule has 1 aromatic heterocycles. The van der Waals surface area contributed by atoms with Crippen LogP contribution in [0.25, 0.3) is 0 Å². The molecule has 0 saturated carbocycles. The highest BCUT2D eigenvalue weighted by Crippen LogP contribution is 2.25. The van der Waals surface area contributed by atoms with E-state index in [1.807, 2.05) is 0 Å². The molecule has 1 N–H and O–H groups in total. The first-order valence-electron chi connectivity index (χ1n) is 7.85. The van der Waals surface area contributed by atoms with E-state index in [1.54, 1.807) is 40.9 Å². The molecule has 0 radical (unpaired) electrons. The molecule has 1 aromatic rings. The van der Waals surface area contributed by atoms with E-state index in [9.17, 15) is 18.0 Å². The lowest BCUT2D eigenvalue weighted by Crippen LogP contribution is -2.40. The molecule has 2 rings (SSSR count). The van der Waals surface area contributed by atoms with Gasteiger partial charge in [0.2, 0.25) is 0 Å². The van der Waals surface area contributed by atoms with Crippen LogP contribution in [0.5, 0.6) is 0 Å². The van der Waals surface area contributed by atoms with Crippen LogP contribution in [0, 0.1) is 0 Å². The van der Waals surface area contributed by atoms with E-state index in [2.05, 4.69) is 10.4 Å². The van der Waals surface area contributed by atoms with Gasteiger partial charge in [-0.2, -0.15) is 5.10 Å². The predicted octanol–water partition coefficient (Wildman–Crippen LogP) is 0.579. The molecule has 1 fully saturated rings. The van der Waals surface area contributed by atoms with E-state index in [4.69, 9.17) is 4.74 Å². The van der Waals surface area contributed by atoms with Crippen molar-refractivity contribution in [2.75, 3.05) is 25.6 Å². The summed E-state index contributed by atoms with van der Waals surface area (Å²) < 4.78 is 29.5. The van der Waals surface area contributed by atoms with E-state index in [-0.39, 0.29) is 30.0 Å². The standard InChI is InChI=1S/C15H24N4O5S/c1-15(2,3)24-14(21)16-7-10-6-12(13(20)18(4)5)19(17-10)11-8-25(22,23)9-11/h6,11H,7-9H2,1-5H3,(H,16,21). The number of nitrogens with zero attached hydrogens (tertiary/aromatic N) is 3. The molecule has 0 aromatic carbocycles. The predicted molar refractivity (Wildman–Crippen MR) is 91.0 cm³/mol. The highest BCUT2D eigenvalue weighted by molar-refractivity contribution is 7.92. The third-order valence-corrected chi connectivity index (χ3v) is 5.25. The number of carbonyl (C=O) groups excluding carboxylic acids is 2. The number of nitrogens with one attached hydrogen (secondary N) is 1. The number of rotatable bonds is 4. The molecular formula is C15H24N4O5S. The second-order valence-corrected chi connectivity index (χ2v) is 9.41. The molecule has 25 heavy (non-hydrogen) atoms. The summed E-state index contributed by atoms with van der Waals surface area (Å²) in [6.07, 6.45) is -0.589. The summed E-state index contributed by atoms with van der Waals surface area (Å²) in [6.45, 7) is 5.35. The smallest absolute Gasteiger partial charge is 0.407 e. The fraction of sp³-hybridized carbons (Fsp3) is 0.667. The maximum Gasteiger partial charge on any atom is 0.407 e. The summed E-state index contributed by atoms with van der Waals surface area (Å²) in [7, 11) is 0.160. The van der Waals surface area contributed by atoms with Crippen molar-refractivity contribution >= 4 is 21.8 Å². The van der Waals surface area contributed by atoms with E-state index < -0.39 is 21.5 Å². The zero-order valence-electron chi connectivity index (χ0n) is 15.1. The van der Waals surface area contributed by atoms with Crippen molar-refractivity contribution in [3.05, 3.63) is 17.5 Å². The molecule has 1 saturated heterocycles. The van der Waals surface area contributed by atoms with Crippen LogP contribution in [0.4, 0.5) is 4.79 Å². The highest BCUT2D eigenvalue weighted by Gasteiger charge is 2.37. The Labute approximate surface area is 147 Å². The van der Waals surface area contributed by atoms with E-state index in [0.29, 0.717) is 11.4 Å². The molecular weight excluding hydrogens is 348 g/mol. The van der Waals surface area contributed by atoms with Gasteiger partial charge < -0.3 is 15.0 Å².